The largest absolute Gasteiger partial charge is 0.376 e. The first-order valence-electron chi connectivity index (χ1n) is 3.59. The van der Waals surface area contributed by atoms with Crippen molar-refractivity contribution in [1.29, 1.82) is 0 Å². The fourth-order valence-corrected chi connectivity index (χ4v) is 1.11. The lowest BCUT2D eigenvalue weighted by Gasteiger charge is -2.33. The summed E-state index contributed by atoms with van der Waals surface area (Å²) in [7, 11) is 0. The van der Waals surface area contributed by atoms with E-state index in [1.807, 2.05) is 0 Å². The molecule has 0 N–H and O–H groups in total. The lowest BCUT2D eigenvalue weighted by Crippen LogP contribution is -2.43. The molecule has 2 rings (SSSR count). The second-order valence-electron chi connectivity index (χ2n) is 2.86. The molecule has 1 aliphatic heterocycles. The van der Waals surface area contributed by atoms with Crippen LogP contribution in [0.4, 0.5) is 0 Å². The Balaban J connectivity index is 1.67. The number of Topliss-reactive ketones (excluding diaryl/α,β-unsaturated/α-hetero) is 1. The number of carbonyl (C=O) groups excluding carboxylic acids is 1. The fraction of sp³-hybridized carbons (Fsp3) is 0.857. The van der Waals surface area contributed by atoms with Crippen LogP contribution in [0.1, 0.15) is 12.8 Å². The third kappa shape index (κ3) is 1.07. The van der Waals surface area contributed by atoms with Crippen LogP contribution in [0.25, 0.3) is 0 Å². The van der Waals surface area contributed by atoms with Crippen LogP contribution >= 0.6 is 0 Å². The van der Waals surface area contributed by atoms with Crippen molar-refractivity contribution in [3.8, 4) is 0 Å². The molecule has 3 nitrogen and oxygen atoms in total. The standard InChI is InChI=1S/C7H10O3/c8-5-1-6(2-5)10-7-3-9-4-7/h6-7H,1-4H2. The van der Waals surface area contributed by atoms with Gasteiger partial charge in [-0.1, -0.05) is 0 Å². The lowest BCUT2D eigenvalue weighted by atomic mass is 9.94. The van der Waals surface area contributed by atoms with Crippen LogP contribution in [-0.4, -0.2) is 31.2 Å². The molecule has 0 aromatic rings. The summed E-state index contributed by atoms with van der Waals surface area (Å²) in [6.45, 7) is 1.43. The second kappa shape index (κ2) is 2.32. The summed E-state index contributed by atoms with van der Waals surface area (Å²) in [5.74, 6) is 0.324. The van der Waals surface area contributed by atoms with Crippen molar-refractivity contribution in [2.75, 3.05) is 13.2 Å². The molecule has 2 aliphatic rings. The predicted octanol–water partition coefficient (Wildman–Crippen LogP) is 0.133. The Morgan fingerprint density at radius 2 is 2.00 bits per heavy atom. The molecule has 10 heavy (non-hydrogen) atoms. The van der Waals surface area contributed by atoms with E-state index < -0.39 is 0 Å². The van der Waals surface area contributed by atoms with Crippen molar-refractivity contribution in [3.63, 3.8) is 0 Å². The topological polar surface area (TPSA) is 35.5 Å². The molecule has 1 heterocycles. The number of rotatable bonds is 2. The highest BCUT2D eigenvalue weighted by Gasteiger charge is 2.32. The summed E-state index contributed by atoms with van der Waals surface area (Å²) in [5, 5.41) is 0. The smallest absolute Gasteiger partial charge is 0.138 e. The molecule has 0 amide bonds. The van der Waals surface area contributed by atoms with E-state index in [2.05, 4.69) is 0 Å². The van der Waals surface area contributed by atoms with Crippen molar-refractivity contribution in [3.05, 3.63) is 0 Å². The van der Waals surface area contributed by atoms with Crippen molar-refractivity contribution >= 4 is 5.78 Å². The first kappa shape index (κ1) is 6.31. The number of ether oxygens (including phenoxy) is 2. The third-order valence-corrected chi connectivity index (χ3v) is 1.90. The van der Waals surface area contributed by atoms with E-state index in [1.165, 1.54) is 0 Å². The van der Waals surface area contributed by atoms with Crippen LogP contribution in [0.15, 0.2) is 0 Å². The molecule has 2 fully saturated rings. The van der Waals surface area contributed by atoms with Gasteiger partial charge in [-0.05, 0) is 0 Å². The number of carbonyl (C=O) groups is 1. The Bertz CT molecular complexity index is 143. The Kier molecular flexibility index (Phi) is 1.47. The molecule has 0 radical (unpaired) electrons. The monoisotopic (exact) mass is 142 g/mol. The van der Waals surface area contributed by atoms with Gasteiger partial charge in [0.15, 0.2) is 0 Å². The molecule has 0 aromatic heterocycles. The van der Waals surface area contributed by atoms with Gasteiger partial charge in [-0.2, -0.15) is 0 Å². The molecular formula is C7H10O3. The van der Waals surface area contributed by atoms with Crippen molar-refractivity contribution in [2.24, 2.45) is 0 Å². The molecule has 0 aromatic carbocycles. The summed E-state index contributed by atoms with van der Waals surface area (Å²) < 4.78 is 10.4. The summed E-state index contributed by atoms with van der Waals surface area (Å²) in [6, 6.07) is 0. The molecule has 0 atom stereocenters. The zero-order valence-corrected chi connectivity index (χ0v) is 5.71. The van der Waals surface area contributed by atoms with E-state index in [0.717, 1.165) is 0 Å². The normalized spacial score (nSPS) is 27.8. The molecule has 56 valence electrons. The minimum Gasteiger partial charge on any atom is -0.376 e. The highest BCUT2D eigenvalue weighted by Crippen LogP contribution is 2.21. The van der Waals surface area contributed by atoms with E-state index in [9.17, 15) is 4.79 Å². The zero-order valence-electron chi connectivity index (χ0n) is 5.71. The minimum absolute atomic E-state index is 0.210. The zero-order chi connectivity index (χ0) is 6.97. The second-order valence-corrected chi connectivity index (χ2v) is 2.86. The van der Waals surface area contributed by atoms with Crippen molar-refractivity contribution in [1.82, 2.24) is 0 Å². The average molecular weight is 142 g/mol. The van der Waals surface area contributed by atoms with Gasteiger partial charge in [0.05, 0.1) is 19.3 Å². The van der Waals surface area contributed by atoms with Gasteiger partial charge in [-0.25, -0.2) is 0 Å². The summed E-state index contributed by atoms with van der Waals surface area (Å²) in [4.78, 5) is 10.5. The molecule has 1 aliphatic carbocycles. The Morgan fingerprint density at radius 3 is 2.40 bits per heavy atom. The van der Waals surface area contributed by atoms with E-state index in [-0.39, 0.29) is 12.2 Å². The highest BCUT2D eigenvalue weighted by atomic mass is 16.6. The van der Waals surface area contributed by atoms with E-state index in [1.54, 1.807) is 0 Å². The maximum absolute atomic E-state index is 10.5. The van der Waals surface area contributed by atoms with Crippen LogP contribution in [0.3, 0.4) is 0 Å². The van der Waals surface area contributed by atoms with Gasteiger partial charge >= 0.3 is 0 Å². The van der Waals surface area contributed by atoms with Crippen LogP contribution in [0, 0.1) is 0 Å². The minimum atomic E-state index is 0.210. The SMILES string of the molecule is O=C1CC(OC2COC2)C1. The molecule has 1 saturated heterocycles. The van der Waals surface area contributed by atoms with Gasteiger partial charge in [0.1, 0.15) is 11.9 Å². The molecule has 1 saturated carbocycles. The van der Waals surface area contributed by atoms with Gasteiger partial charge in [0.2, 0.25) is 0 Å². The molecule has 0 bridgehead atoms. The first-order chi connectivity index (χ1) is 4.84. The van der Waals surface area contributed by atoms with Crippen LogP contribution in [0.5, 0.6) is 0 Å². The van der Waals surface area contributed by atoms with Gasteiger partial charge in [0.25, 0.3) is 0 Å². The van der Waals surface area contributed by atoms with Crippen LogP contribution in [-0.2, 0) is 14.3 Å². The number of hydrogen-bond donors (Lipinski definition) is 0. The summed E-state index contributed by atoms with van der Waals surface area (Å²) in [6.07, 6.45) is 1.73. The third-order valence-electron chi connectivity index (χ3n) is 1.90. The van der Waals surface area contributed by atoms with E-state index >= 15 is 0 Å². The Morgan fingerprint density at radius 1 is 1.30 bits per heavy atom. The lowest BCUT2D eigenvalue weighted by molar-refractivity contribution is -0.174. The van der Waals surface area contributed by atoms with Crippen LogP contribution < -0.4 is 0 Å². The van der Waals surface area contributed by atoms with Gasteiger partial charge in [-0.3, -0.25) is 4.79 Å². The van der Waals surface area contributed by atoms with E-state index in [0.29, 0.717) is 31.8 Å². The molecular weight excluding hydrogens is 132 g/mol. The van der Waals surface area contributed by atoms with Gasteiger partial charge in [-0.15, -0.1) is 0 Å². The summed E-state index contributed by atoms with van der Waals surface area (Å²) in [5.41, 5.74) is 0. The van der Waals surface area contributed by atoms with Crippen molar-refractivity contribution in [2.45, 2.75) is 25.0 Å². The average Bonchev–Trinajstić information content (AvgIpc) is 1.72. The van der Waals surface area contributed by atoms with E-state index in [4.69, 9.17) is 9.47 Å². The number of hydrogen-bond acceptors (Lipinski definition) is 3. The Hall–Kier alpha value is -0.410. The maximum atomic E-state index is 10.5. The fourth-order valence-electron chi connectivity index (χ4n) is 1.11. The van der Waals surface area contributed by atoms with Crippen molar-refractivity contribution < 1.29 is 14.3 Å². The first-order valence-corrected chi connectivity index (χ1v) is 3.59. The number of ketones is 1. The van der Waals surface area contributed by atoms with Gasteiger partial charge < -0.3 is 9.47 Å². The highest BCUT2D eigenvalue weighted by molar-refractivity contribution is 5.85. The predicted molar refractivity (Wildman–Crippen MR) is 33.7 cm³/mol. The molecule has 0 unspecified atom stereocenters. The van der Waals surface area contributed by atoms with Crippen LogP contribution in [0.2, 0.25) is 0 Å². The maximum Gasteiger partial charge on any atom is 0.138 e. The van der Waals surface area contributed by atoms with Gasteiger partial charge in [0, 0.05) is 12.8 Å². The Labute approximate surface area is 59.3 Å². The molecule has 0 spiro atoms. The summed E-state index contributed by atoms with van der Waals surface area (Å²) >= 11 is 0. The quantitative estimate of drug-likeness (QED) is 0.550. The molecule has 3 heteroatoms.